The number of benzene rings is 1. The van der Waals surface area contributed by atoms with E-state index in [1.165, 1.54) is 6.07 Å². The van der Waals surface area contributed by atoms with E-state index in [-0.39, 0.29) is 5.69 Å². The average Bonchev–Trinajstić information content (AvgIpc) is 2.37. The molecule has 1 fully saturated rings. The van der Waals surface area contributed by atoms with Crippen LogP contribution in [0.3, 0.4) is 0 Å². The summed E-state index contributed by atoms with van der Waals surface area (Å²) in [7, 11) is 0. The number of rotatable bonds is 2. The second-order valence-electron chi connectivity index (χ2n) is 4.62. The lowest BCUT2D eigenvalue weighted by Crippen LogP contribution is -2.38. The number of nitrogens with zero attached hydrogens (tertiary/aromatic N) is 1. The van der Waals surface area contributed by atoms with Crippen LogP contribution in [0.1, 0.15) is 18.9 Å². The van der Waals surface area contributed by atoms with Gasteiger partial charge in [-0.2, -0.15) is 24.9 Å². The molecule has 2 nitrogen and oxygen atoms in total. The monoisotopic (exact) mass is 290 g/mol. The van der Waals surface area contributed by atoms with Gasteiger partial charge in [0.1, 0.15) is 0 Å². The predicted molar refractivity (Wildman–Crippen MR) is 74.6 cm³/mol. The molecule has 1 atom stereocenters. The maximum atomic E-state index is 12.6. The Bertz CT molecular complexity index is 448. The van der Waals surface area contributed by atoms with Crippen molar-refractivity contribution in [1.29, 1.82) is 0 Å². The summed E-state index contributed by atoms with van der Waals surface area (Å²) in [4.78, 5) is 2.08. The Morgan fingerprint density at radius 2 is 2.16 bits per heavy atom. The molecule has 0 aliphatic carbocycles. The van der Waals surface area contributed by atoms with Crippen molar-refractivity contribution in [2.45, 2.75) is 24.8 Å². The highest BCUT2D eigenvalue weighted by Crippen LogP contribution is 2.35. The van der Waals surface area contributed by atoms with E-state index in [1.807, 2.05) is 11.8 Å². The van der Waals surface area contributed by atoms with E-state index in [4.69, 9.17) is 5.73 Å². The summed E-state index contributed by atoms with van der Waals surface area (Å²) in [5, 5.41) is 0.524. The summed E-state index contributed by atoms with van der Waals surface area (Å²) in [6.07, 6.45) is -3.28. The highest BCUT2D eigenvalue weighted by molar-refractivity contribution is 8.00. The molecule has 0 bridgehead atoms. The zero-order valence-corrected chi connectivity index (χ0v) is 11.5. The predicted octanol–water partition coefficient (Wildman–Crippen LogP) is 3.62. The average molecular weight is 290 g/mol. The van der Waals surface area contributed by atoms with Gasteiger partial charge in [0.25, 0.3) is 0 Å². The Balaban J connectivity index is 2.21. The Morgan fingerprint density at radius 1 is 1.42 bits per heavy atom. The number of halogens is 3. The van der Waals surface area contributed by atoms with E-state index in [9.17, 15) is 13.2 Å². The van der Waals surface area contributed by atoms with Crippen LogP contribution in [0.2, 0.25) is 0 Å². The molecule has 1 unspecified atom stereocenters. The molecule has 1 aliphatic rings. The molecule has 1 heterocycles. The molecule has 106 valence electrons. The Hall–Kier alpha value is -1.04. The third kappa shape index (κ3) is 3.29. The van der Waals surface area contributed by atoms with Gasteiger partial charge in [-0.1, -0.05) is 6.92 Å². The van der Waals surface area contributed by atoms with Gasteiger partial charge >= 0.3 is 6.18 Å². The second kappa shape index (κ2) is 5.53. The van der Waals surface area contributed by atoms with Crippen molar-refractivity contribution in [1.82, 2.24) is 0 Å². The van der Waals surface area contributed by atoms with Gasteiger partial charge in [0, 0.05) is 24.1 Å². The van der Waals surface area contributed by atoms with Crippen LogP contribution < -0.4 is 10.6 Å². The molecule has 6 heteroatoms. The summed E-state index contributed by atoms with van der Waals surface area (Å²) in [6, 6.07) is 3.62. The van der Waals surface area contributed by atoms with Crippen LogP contribution in [0.25, 0.3) is 0 Å². The van der Waals surface area contributed by atoms with Crippen molar-refractivity contribution >= 4 is 23.1 Å². The second-order valence-corrected chi connectivity index (χ2v) is 6.03. The van der Waals surface area contributed by atoms with Crippen molar-refractivity contribution in [3.63, 3.8) is 0 Å². The molecule has 0 radical (unpaired) electrons. The Morgan fingerprint density at radius 3 is 2.74 bits per heavy atom. The zero-order chi connectivity index (χ0) is 14.0. The van der Waals surface area contributed by atoms with Gasteiger partial charge in [-0.05, 0) is 24.6 Å². The summed E-state index contributed by atoms with van der Waals surface area (Å²) < 4.78 is 37.8. The largest absolute Gasteiger partial charge is 0.416 e. The molecule has 0 saturated carbocycles. The van der Waals surface area contributed by atoms with Crippen molar-refractivity contribution in [2.75, 3.05) is 29.5 Å². The number of alkyl halides is 3. The van der Waals surface area contributed by atoms with Crippen LogP contribution in [-0.4, -0.2) is 24.1 Å². The summed E-state index contributed by atoms with van der Waals surface area (Å²) in [6.45, 7) is 3.80. The third-order valence-electron chi connectivity index (χ3n) is 3.29. The molecule has 2 rings (SSSR count). The van der Waals surface area contributed by atoms with Gasteiger partial charge in [0.2, 0.25) is 0 Å². The van der Waals surface area contributed by atoms with E-state index in [1.54, 1.807) is 0 Å². The number of thioether (sulfide) groups is 1. The summed E-state index contributed by atoms with van der Waals surface area (Å²) in [5.41, 5.74) is 6.02. The van der Waals surface area contributed by atoms with E-state index in [0.29, 0.717) is 10.9 Å². The first kappa shape index (κ1) is 14.4. The fraction of sp³-hybridized carbons (Fsp3) is 0.538. The van der Waals surface area contributed by atoms with E-state index in [2.05, 4.69) is 11.8 Å². The maximum Gasteiger partial charge on any atom is 0.416 e. The van der Waals surface area contributed by atoms with Crippen LogP contribution in [0.4, 0.5) is 24.5 Å². The number of anilines is 2. The zero-order valence-electron chi connectivity index (χ0n) is 10.7. The first-order valence-electron chi connectivity index (χ1n) is 6.25. The molecule has 1 saturated heterocycles. The standard InChI is InChI=1S/C13H17F3N2S/c1-2-10-8-18(5-6-19-10)12-4-3-9(7-11(12)17)13(14,15)16/h3-4,7,10H,2,5-6,8,17H2,1H3. The Kier molecular flexibility index (Phi) is 4.18. The normalized spacial score (nSPS) is 20.6. The lowest BCUT2D eigenvalue weighted by Gasteiger charge is -2.34. The molecule has 19 heavy (non-hydrogen) atoms. The van der Waals surface area contributed by atoms with E-state index < -0.39 is 11.7 Å². The number of hydrogen-bond donors (Lipinski definition) is 1. The molecule has 0 amide bonds. The summed E-state index contributed by atoms with van der Waals surface area (Å²) in [5.74, 6) is 0.985. The molecule has 2 N–H and O–H groups in total. The molecule has 1 aliphatic heterocycles. The Labute approximate surface area is 115 Å². The highest BCUT2D eigenvalue weighted by Gasteiger charge is 2.31. The number of nitrogens with two attached hydrogens (primary N) is 1. The minimum Gasteiger partial charge on any atom is -0.397 e. The molecule has 1 aromatic carbocycles. The topological polar surface area (TPSA) is 29.3 Å². The molecular weight excluding hydrogens is 273 g/mol. The minimum absolute atomic E-state index is 0.205. The summed E-state index contributed by atoms with van der Waals surface area (Å²) >= 11 is 1.91. The molecule has 0 aromatic heterocycles. The SMILES string of the molecule is CCC1CN(c2ccc(C(F)(F)F)cc2N)CCS1. The first-order valence-corrected chi connectivity index (χ1v) is 7.30. The van der Waals surface area contributed by atoms with Crippen molar-refractivity contribution in [3.8, 4) is 0 Å². The smallest absolute Gasteiger partial charge is 0.397 e. The van der Waals surface area contributed by atoms with Gasteiger partial charge in [0.05, 0.1) is 16.9 Å². The van der Waals surface area contributed by atoms with Crippen LogP contribution in [0.5, 0.6) is 0 Å². The van der Waals surface area contributed by atoms with E-state index >= 15 is 0 Å². The molecular formula is C13H17F3N2S. The highest BCUT2D eigenvalue weighted by atomic mass is 32.2. The maximum absolute atomic E-state index is 12.6. The lowest BCUT2D eigenvalue weighted by atomic mass is 10.1. The fourth-order valence-electron chi connectivity index (χ4n) is 2.20. The minimum atomic E-state index is -4.34. The van der Waals surface area contributed by atoms with Gasteiger partial charge in [-0.15, -0.1) is 0 Å². The van der Waals surface area contributed by atoms with Crippen LogP contribution in [-0.2, 0) is 6.18 Å². The van der Waals surface area contributed by atoms with E-state index in [0.717, 1.165) is 37.4 Å². The van der Waals surface area contributed by atoms with Gasteiger partial charge in [-0.3, -0.25) is 0 Å². The quantitative estimate of drug-likeness (QED) is 0.844. The van der Waals surface area contributed by atoms with Gasteiger partial charge in [-0.25, -0.2) is 0 Å². The van der Waals surface area contributed by atoms with Crippen LogP contribution >= 0.6 is 11.8 Å². The van der Waals surface area contributed by atoms with Gasteiger partial charge < -0.3 is 10.6 Å². The fourth-order valence-corrected chi connectivity index (χ4v) is 3.38. The van der Waals surface area contributed by atoms with Crippen LogP contribution in [0, 0.1) is 0 Å². The van der Waals surface area contributed by atoms with Crippen molar-refractivity contribution in [2.24, 2.45) is 0 Å². The van der Waals surface area contributed by atoms with Crippen molar-refractivity contribution in [3.05, 3.63) is 23.8 Å². The van der Waals surface area contributed by atoms with Crippen LogP contribution in [0.15, 0.2) is 18.2 Å². The number of hydrogen-bond acceptors (Lipinski definition) is 3. The first-order chi connectivity index (χ1) is 8.91. The molecule has 1 aromatic rings. The van der Waals surface area contributed by atoms with Crippen molar-refractivity contribution < 1.29 is 13.2 Å². The third-order valence-corrected chi connectivity index (χ3v) is 4.66. The number of nitrogen functional groups attached to an aromatic ring is 1. The lowest BCUT2D eigenvalue weighted by molar-refractivity contribution is -0.137. The van der Waals surface area contributed by atoms with Gasteiger partial charge in [0.15, 0.2) is 0 Å². The molecule has 0 spiro atoms.